The molecule has 3 saturated heterocycles. The monoisotopic (exact) mass is 759 g/mol. The fourth-order valence-corrected chi connectivity index (χ4v) is 7.98. The van der Waals surface area contributed by atoms with Crippen molar-refractivity contribution in [1.82, 2.24) is 35.1 Å². The Hall–Kier alpha value is -4.89. The molecule has 1 saturated carbocycles. The molecule has 294 valence electrons. The maximum atomic E-state index is 15.0. The van der Waals surface area contributed by atoms with E-state index in [0.717, 1.165) is 58.0 Å². The van der Waals surface area contributed by atoms with E-state index < -0.39 is 23.4 Å². The molecule has 7 rings (SSSR count). The van der Waals surface area contributed by atoms with Crippen molar-refractivity contribution >= 4 is 34.6 Å². The summed E-state index contributed by atoms with van der Waals surface area (Å²) in [7, 11) is 0. The summed E-state index contributed by atoms with van der Waals surface area (Å²) in [5, 5.41) is 10.5. The quantitative estimate of drug-likeness (QED) is 0.317. The van der Waals surface area contributed by atoms with Crippen molar-refractivity contribution < 1.29 is 33.0 Å². The molecule has 55 heavy (non-hydrogen) atoms. The van der Waals surface area contributed by atoms with E-state index in [9.17, 15) is 28.4 Å². The number of aromatic nitrogens is 2. The first-order valence-corrected chi connectivity index (χ1v) is 19.5. The highest BCUT2D eigenvalue weighted by molar-refractivity contribution is 5.95. The van der Waals surface area contributed by atoms with E-state index in [1.165, 1.54) is 6.07 Å². The van der Waals surface area contributed by atoms with Crippen molar-refractivity contribution in [3.05, 3.63) is 75.5 Å². The molecule has 1 aliphatic carbocycles. The van der Waals surface area contributed by atoms with E-state index in [-0.39, 0.29) is 41.7 Å². The molecule has 0 radical (unpaired) electrons. The molecule has 1 aromatic heterocycles. The predicted octanol–water partition coefficient (Wildman–Crippen LogP) is 3.08. The molecule has 4 amide bonds. The number of benzene rings is 2. The Morgan fingerprint density at radius 1 is 0.855 bits per heavy atom. The van der Waals surface area contributed by atoms with Gasteiger partial charge in [0, 0.05) is 64.2 Å². The zero-order valence-corrected chi connectivity index (χ0v) is 31.4. The molecule has 0 unspecified atom stereocenters. The van der Waals surface area contributed by atoms with Gasteiger partial charge < -0.3 is 29.5 Å². The van der Waals surface area contributed by atoms with Gasteiger partial charge in [-0.25, -0.2) is 14.3 Å². The van der Waals surface area contributed by atoms with Crippen molar-refractivity contribution in [2.45, 2.75) is 76.1 Å². The summed E-state index contributed by atoms with van der Waals surface area (Å²) in [6.45, 7) is 6.16. The second kappa shape index (κ2) is 16.9. The molecule has 15 heteroatoms. The Balaban J connectivity index is 0.804. The third-order valence-corrected chi connectivity index (χ3v) is 11.5. The van der Waals surface area contributed by atoms with Crippen LogP contribution in [0.25, 0.3) is 10.8 Å². The van der Waals surface area contributed by atoms with Crippen molar-refractivity contribution in [2.24, 2.45) is 0 Å². The molecule has 0 atom stereocenters. The number of hydrogen-bond acceptors (Lipinski definition) is 9. The highest BCUT2D eigenvalue weighted by Gasteiger charge is 2.36. The number of ether oxygens (including phenoxy) is 2. The zero-order chi connectivity index (χ0) is 38.5. The third-order valence-electron chi connectivity index (χ3n) is 11.5. The molecule has 4 aliphatic rings. The fourth-order valence-electron chi connectivity index (χ4n) is 7.98. The molecule has 3 aromatic rings. The lowest BCUT2D eigenvalue weighted by Gasteiger charge is -2.38. The number of nitrogens with zero attached hydrogens (tertiary/aromatic N) is 5. The number of nitrogens with one attached hydrogen (secondary N) is 2. The van der Waals surface area contributed by atoms with Crippen LogP contribution in [-0.2, 0) is 25.5 Å². The molecular weight excluding hydrogens is 709 g/mol. The molecular formula is C40H50FN7O7. The van der Waals surface area contributed by atoms with Crippen LogP contribution in [0.1, 0.15) is 73.5 Å². The van der Waals surface area contributed by atoms with Gasteiger partial charge in [0.1, 0.15) is 18.0 Å². The lowest BCUT2D eigenvalue weighted by molar-refractivity contribution is -0.137. The Morgan fingerprint density at radius 2 is 1.49 bits per heavy atom. The van der Waals surface area contributed by atoms with Crippen LogP contribution in [0.4, 0.5) is 9.18 Å². The summed E-state index contributed by atoms with van der Waals surface area (Å²) in [5.74, 6) is -1.14. The maximum Gasteiger partial charge on any atom is 0.408 e. The van der Waals surface area contributed by atoms with Crippen LogP contribution in [0.2, 0.25) is 0 Å². The second-order valence-electron chi connectivity index (χ2n) is 15.4. The zero-order valence-electron chi connectivity index (χ0n) is 31.4. The standard InChI is InChI=1S/C40H50FN7O7/c1-40(13-4-14-40)55-39(53)42-25-35(49)46-17-11-29(12-18-46)54-28-9-15-45(16-10-28)26-36(50)47-19-21-48(22-20-47)38(52)32-23-27(7-8-33(32)41)24-34-30-5-2-3-6-31(30)37(51)44-43-34/h2-3,5-8,23,28-29H,4,9-22,24-26H2,1H3,(H,42,53)(H,44,51). The van der Waals surface area contributed by atoms with Crippen molar-refractivity contribution in [2.75, 3.05) is 65.4 Å². The smallest absolute Gasteiger partial charge is 0.408 e. The molecule has 14 nitrogen and oxygen atoms in total. The largest absolute Gasteiger partial charge is 0.443 e. The minimum Gasteiger partial charge on any atom is -0.443 e. The topological polar surface area (TPSA) is 157 Å². The van der Waals surface area contributed by atoms with Crippen LogP contribution < -0.4 is 10.9 Å². The number of piperidine rings is 2. The van der Waals surface area contributed by atoms with Crippen molar-refractivity contribution in [1.29, 1.82) is 0 Å². The number of hydrogen-bond donors (Lipinski definition) is 2. The summed E-state index contributed by atoms with van der Waals surface area (Å²) in [4.78, 5) is 70.9. The molecule has 0 spiro atoms. The number of fused-ring (bicyclic) bond motifs is 1. The van der Waals surface area contributed by atoms with Crippen LogP contribution in [-0.4, -0.2) is 137 Å². The molecule has 4 heterocycles. The summed E-state index contributed by atoms with van der Waals surface area (Å²) >= 11 is 0. The van der Waals surface area contributed by atoms with Crippen LogP contribution in [0.15, 0.2) is 47.3 Å². The minimum atomic E-state index is -0.610. The van der Waals surface area contributed by atoms with Crippen molar-refractivity contribution in [3.8, 4) is 0 Å². The predicted molar refractivity (Wildman–Crippen MR) is 201 cm³/mol. The van der Waals surface area contributed by atoms with E-state index >= 15 is 0 Å². The lowest BCUT2D eigenvalue weighted by Crippen LogP contribution is -2.53. The number of carbonyl (C=O) groups excluding carboxylic acids is 4. The van der Waals surface area contributed by atoms with E-state index in [1.807, 2.05) is 19.1 Å². The summed E-state index contributed by atoms with van der Waals surface area (Å²) < 4.78 is 26.8. The Kier molecular flexibility index (Phi) is 11.8. The first kappa shape index (κ1) is 38.4. The number of likely N-dealkylation sites (tertiary alicyclic amines) is 2. The number of rotatable bonds is 10. The van der Waals surface area contributed by atoms with Crippen LogP contribution in [0.5, 0.6) is 0 Å². The molecule has 3 aliphatic heterocycles. The van der Waals surface area contributed by atoms with Gasteiger partial charge in [-0.15, -0.1) is 0 Å². The van der Waals surface area contributed by atoms with Gasteiger partial charge in [-0.05, 0) is 75.6 Å². The van der Waals surface area contributed by atoms with Gasteiger partial charge in [-0.1, -0.05) is 24.3 Å². The van der Waals surface area contributed by atoms with Gasteiger partial charge in [0.05, 0.1) is 35.4 Å². The van der Waals surface area contributed by atoms with Crippen LogP contribution in [0.3, 0.4) is 0 Å². The van der Waals surface area contributed by atoms with Gasteiger partial charge >= 0.3 is 6.09 Å². The molecule has 4 fully saturated rings. The number of piperazine rings is 1. The number of carbonyl (C=O) groups is 4. The second-order valence-corrected chi connectivity index (χ2v) is 15.4. The Bertz CT molecular complexity index is 1950. The van der Waals surface area contributed by atoms with Crippen molar-refractivity contribution in [3.63, 3.8) is 0 Å². The van der Waals surface area contributed by atoms with Crippen LogP contribution >= 0.6 is 0 Å². The minimum absolute atomic E-state index is 0.0114. The maximum absolute atomic E-state index is 15.0. The van der Waals surface area contributed by atoms with Gasteiger partial charge in [0.25, 0.3) is 11.5 Å². The first-order valence-electron chi connectivity index (χ1n) is 19.5. The van der Waals surface area contributed by atoms with Gasteiger partial charge in [-0.2, -0.15) is 5.10 Å². The fraction of sp³-hybridized carbons (Fsp3) is 0.550. The van der Waals surface area contributed by atoms with Gasteiger partial charge in [0.15, 0.2) is 0 Å². The third kappa shape index (κ3) is 9.33. The van der Waals surface area contributed by atoms with Crippen LogP contribution in [0, 0.1) is 5.82 Å². The SMILES string of the molecule is CC1(OC(=O)NCC(=O)N2CCC(OC3CCN(CC(=O)N4CCN(C(=O)c5cc(Cc6n[nH]c(=O)c7ccccc67)ccc5F)CC4)CC3)CC2)CCC1. The summed E-state index contributed by atoms with van der Waals surface area (Å²) in [5.41, 5.74) is 0.599. The number of amides is 4. The normalized spacial score (nSPS) is 19.6. The number of halogens is 1. The van der Waals surface area contributed by atoms with E-state index in [1.54, 1.807) is 39.0 Å². The first-order chi connectivity index (χ1) is 26.5. The van der Waals surface area contributed by atoms with Gasteiger partial charge in [0.2, 0.25) is 11.8 Å². The van der Waals surface area contributed by atoms with E-state index in [0.29, 0.717) is 74.3 Å². The number of H-pyrrole nitrogens is 1. The number of alkyl carbamates (subject to hydrolysis) is 1. The van der Waals surface area contributed by atoms with Gasteiger partial charge in [-0.3, -0.25) is 24.1 Å². The summed E-state index contributed by atoms with van der Waals surface area (Å²) in [6, 6.07) is 11.6. The Morgan fingerprint density at radius 3 is 2.16 bits per heavy atom. The molecule has 2 N–H and O–H groups in total. The summed E-state index contributed by atoms with van der Waals surface area (Å²) in [6.07, 6.45) is 5.81. The molecule has 0 bridgehead atoms. The average molecular weight is 760 g/mol. The lowest BCUT2D eigenvalue weighted by atomic mass is 9.82. The highest BCUT2D eigenvalue weighted by Crippen LogP contribution is 2.34. The Labute approximate surface area is 319 Å². The highest BCUT2D eigenvalue weighted by atomic mass is 19.1. The van der Waals surface area contributed by atoms with E-state index in [4.69, 9.17) is 9.47 Å². The molecule has 2 aromatic carbocycles. The van der Waals surface area contributed by atoms with E-state index in [2.05, 4.69) is 20.4 Å². The number of aromatic amines is 1. The average Bonchev–Trinajstić information content (AvgIpc) is 3.19.